The van der Waals surface area contributed by atoms with Gasteiger partial charge < -0.3 is 15.0 Å². The molecule has 0 bridgehead atoms. The van der Waals surface area contributed by atoms with Crippen LogP contribution in [0.5, 0.6) is 0 Å². The molecule has 20 heavy (non-hydrogen) atoms. The van der Waals surface area contributed by atoms with Crippen molar-refractivity contribution in [2.75, 3.05) is 26.2 Å². The maximum absolute atomic E-state index is 12.6. The fourth-order valence-electron chi connectivity index (χ4n) is 3.35. The number of amides is 1. The lowest BCUT2D eigenvalue weighted by Gasteiger charge is -2.31. The van der Waals surface area contributed by atoms with Gasteiger partial charge in [0.05, 0.1) is 6.10 Å². The monoisotopic (exact) mass is 282 g/mol. The molecule has 0 saturated carbocycles. The average molecular weight is 282 g/mol. The van der Waals surface area contributed by atoms with Crippen molar-refractivity contribution in [1.29, 1.82) is 0 Å². The Morgan fingerprint density at radius 3 is 2.90 bits per heavy atom. The van der Waals surface area contributed by atoms with E-state index in [1.165, 1.54) is 0 Å². The van der Waals surface area contributed by atoms with Crippen molar-refractivity contribution in [3.05, 3.63) is 0 Å². The van der Waals surface area contributed by atoms with Gasteiger partial charge >= 0.3 is 0 Å². The summed E-state index contributed by atoms with van der Waals surface area (Å²) in [5.41, 5.74) is 0. The Labute approximate surface area is 123 Å². The van der Waals surface area contributed by atoms with Gasteiger partial charge in [0.2, 0.25) is 5.91 Å². The van der Waals surface area contributed by atoms with E-state index in [0.29, 0.717) is 18.1 Å². The smallest absolute Gasteiger partial charge is 0.225 e. The minimum Gasteiger partial charge on any atom is -0.378 e. The zero-order valence-electron chi connectivity index (χ0n) is 13.1. The molecule has 4 nitrogen and oxygen atoms in total. The molecule has 0 aromatic heterocycles. The molecule has 2 aliphatic heterocycles. The lowest BCUT2D eigenvalue weighted by atomic mass is 9.92. The summed E-state index contributed by atoms with van der Waals surface area (Å²) in [6.45, 7) is 7.95. The average Bonchev–Trinajstić information content (AvgIpc) is 2.70. The molecule has 0 aromatic rings. The van der Waals surface area contributed by atoms with Crippen LogP contribution in [0.1, 0.15) is 52.4 Å². The van der Waals surface area contributed by atoms with E-state index in [4.69, 9.17) is 4.74 Å². The van der Waals surface area contributed by atoms with E-state index in [1.807, 2.05) is 0 Å². The van der Waals surface area contributed by atoms with Gasteiger partial charge in [-0.1, -0.05) is 6.92 Å². The number of likely N-dealkylation sites (tertiary alicyclic amines) is 1. The normalized spacial score (nSPS) is 31.9. The number of ether oxygens (including phenoxy) is 1. The third kappa shape index (κ3) is 4.45. The van der Waals surface area contributed by atoms with E-state index in [0.717, 1.165) is 64.8 Å². The van der Waals surface area contributed by atoms with Gasteiger partial charge in [0.1, 0.15) is 0 Å². The van der Waals surface area contributed by atoms with E-state index in [-0.39, 0.29) is 5.92 Å². The molecular formula is C16H30N2O2. The molecule has 2 rings (SSSR count). The molecule has 3 atom stereocenters. The minimum absolute atomic E-state index is 0.236. The van der Waals surface area contributed by atoms with Crippen molar-refractivity contribution in [3.8, 4) is 0 Å². The fourth-order valence-corrected chi connectivity index (χ4v) is 3.35. The second kappa shape index (κ2) is 7.99. The SMILES string of the molecule is CCCOC1CCCN(C(=O)[C@H]2CCN[C@@H](C)C2)CC1. The predicted octanol–water partition coefficient (Wildman–Crippen LogP) is 2.18. The lowest BCUT2D eigenvalue weighted by Crippen LogP contribution is -2.44. The number of hydrogen-bond acceptors (Lipinski definition) is 3. The maximum Gasteiger partial charge on any atom is 0.225 e. The molecule has 0 aliphatic carbocycles. The minimum atomic E-state index is 0.236. The van der Waals surface area contributed by atoms with Crippen LogP contribution in [0.25, 0.3) is 0 Å². The summed E-state index contributed by atoms with van der Waals surface area (Å²) in [5.74, 6) is 0.619. The molecule has 0 radical (unpaired) electrons. The van der Waals surface area contributed by atoms with Crippen LogP contribution in [0.4, 0.5) is 0 Å². The van der Waals surface area contributed by atoms with Crippen molar-refractivity contribution in [1.82, 2.24) is 10.2 Å². The summed E-state index contributed by atoms with van der Waals surface area (Å²) in [6.07, 6.45) is 6.62. The van der Waals surface area contributed by atoms with Gasteiger partial charge in [-0.25, -0.2) is 0 Å². The summed E-state index contributed by atoms with van der Waals surface area (Å²) in [6, 6.07) is 0.477. The Morgan fingerprint density at radius 1 is 1.30 bits per heavy atom. The van der Waals surface area contributed by atoms with Crippen LogP contribution in [0, 0.1) is 5.92 Å². The molecule has 116 valence electrons. The van der Waals surface area contributed by atoms with Gasteiger partial charge in [0, 0.05) is 31.7 Å². The first-order valence-corrected chi connectivity index (χ1v) is 8.34. The van der Waals surface area contributed by atoms with Gasteiger partial charge in [-0.2, -0.15) is 0 Å². The second-order valence-corrected chi connectivity index (χ2v) is 6.33. The van der Waals surface area contributed by atoms with Gasteiger partial charge in [-0.15, -0.1) is 0 Å². The van der Waals surface area contributed by atoms with E-state index in [2.05, 4.69) is 24.1 Å². The zero-order chi connectivity index (χ0) is 14.4. The second-order valence-electron chi connectivity index (χ2n) is 6.33. The van der Waals surface area contributed by atoms with Crippen molar-refractivity contribution in [2.45, 2.75) is 64.5 Å². The number of piperidine rings is 1. The molecule has 2 heterocycles. The third-order valence-corrected chi connectivity index (χ3v) is 4.52. The highest BCUT2D eigenvalue weighted by atomic mass is 16.5. The van der Waals surface area contributed by atoms with Crippen molar-refractivity contribution in [3.63, 3.8) is 0 Å². The molecule has 0 aromatic carbocycles. The largest absolute Gasteiger partial charge is 0.378 e. The van der Waals surface area contributed by atoms with E-state index in [9.17, 15) is 4.79 Å². The highest BCUT2D eigenvalue weighted by Crippen LogP contribution is 2.22. The summed E-state index contributed by atoms with van der Waals surface area (Å²) >= 11 is 0. The molecule has 0 spiro atoms. The Morgan fingerprint density at radius 2 is 2.15 bits per heavy atom. The summed E-state index contributed by atoms with van der Waals surface area (Å²) < 4.78 is 5.85. The van der Waals surface area contributed by atoms with Gasteiger partial charge in [-0.3, -0.25) is 4.79 Å². The first-order valence-electron chi connectivity index (χ1n) is 8.34. The number of carbonyl (C=O) groups is 1. The number of nitrogens with zero attached hydrogens (tertiary/aromatic N) is 1. The standard InChI is InChI=1S/C16H30N2O2/c1-3-11-20-15-5-4-9-18(10-7-15)16(19)14-6-8-17-13(2)12-14/h13-15,17H,3-12H2,1-2H3/t13-,14-,15?/m0/s1. The van der Waals surface area contributed by atoms with Crippen molar-refractivity contribution < 1.29 is 9.53 Å². The fraction of sp³-hybridized carbons (Fsp3) is 0.938. The number of carbonyl (C=O) groups excluding carboxylic acids is 1. The van der Waals surface area contributed by atoms with Gasteiger partial charge in [0.25, 0.3) is 0 Å². The van der Waals surface area contributed by atoms with Crippen LogP contribution in [0.15, 0.2) is 0 Å². The van der Waals surface area contributed by atoms with Crippen LogP contribution < -0.4 is 5.32 Å². The van der Waals surface area contributed by atoms with E-state index in [1.54, 1.807) is 0 Å². The first kappa shape index (κ1) is 15.8. The maximum atomic E-state index is 12.6. The summed E-state index contributed by atoms with van der Waals surface area (Å²) in [4.78, 5) is 14.7. The Kier molecular flexibility index (Phi) is 6.30. The quantitative estimate of drug-likeness (QED) is 0.859. The molecule has 2 aliphatic rings. The van der Waals surface area contributed by atoms with Crippen LogP contribution in [-0.4, -0.2) is 49.2 Å². The molecule has 1 unspecified atom stereocenters. The highest BCUT2D eigenvalue weighted by Gasteiger charge is 2.29. The number of nitrogens with one attached hydrogen (secondary N) is 1. The molecule has 2 fully saturated rings. The van der Waals surface area contributed by atoms with Crippen LogP contribution in [0.3, 0.4) is 0 Å². The molecule has 1 amide bonds. The lowest BCUT2D eigenvalue weighted by molar-refractivity contribution is -0.136. The van der Waals surface area contributed by atoms with Gasteiger partial charge in [0.15, 0.2) is 0 Å². The van der Waals surface area contributed by atoms with E-state index < -0.39 is 0 Å². The van der Waals surface area contributed by atoms with Crippen LogP contribution in [-0.2, 0) is 9.53 Å². The topological polar surface area (TPSA) is 41.6 Å². The molecule has 4 heteroatoms. The third-order valence-electron chi connectivity index (χ3n) is 4.52. The van der Waals surface area contributed by atoms with Gasteiger partial charge in [-0.05, 0) is 52.0 Å². The van der Waals surface area contributed by atoms with E-state index >= 15 is 0 Å². The Balaban J connectivity index is 1.81. The van der Waals surface area contributed by atoms with Crippen molar-refractivity contribution >= 4 is 5.91 Å². The summed E-state index contributed by atoms with van der Waals surface area (Å²) in [5, 5.41) is 3.42. The number of hydrogen-bond donors (Lipinski definition) is 1. The van der Waals surface area contributed by atoms with Crippen LogP contribution >= 0.6 is 0 Å². The molecule has 1 N–H and O–H groups in total. The first-order chi connectivity index (χ1) is 9.70. The van der Waals surface area contributed by atoms with Crippen molar-refractivity contribution in [2.24, 2.45) is 5.92 Å². The Bertz CT molecular complexity index is 309. The number of rotatable bonds is 4. The Hall–Kier alpha value is -0.610. The zero-order valence-corrected chi connectivity index (χ0v) is 13.1. The van der Waals surface area contributed by atoms with Crippen LogP contribution in [0.2, 0.25) is 0 Å². The molecular weight excluding hydrogens is 252 g/mol. The highest BCUT2D eigenvalue weighted by molar-refractivity contribution is 5.79. The summed E-state index contributed by atoms with van der Waals surface area (Å²) in [7, 11) is 0. The molecule has 2 saturated heterocycles. The predicted molar refractivity (Wildman–Crippen MR) is 80.7 cm³/mol.